The predicted octanol–water partition coefficient (Wildman–Crippen LogP) is 0.723. The van der Waals surface area contributed by atoms with Crippen molar-refractivity contribution in [3.05, 3.63) is 23.9 Å². The van der Waals surface area contributed by atoms with Gasteiger partial charge in [-0.1, -0.05) is 6.07 Å². The zero-order valence-corrected chi connectivity index (χ0v) is 14.4. The van der Waals surface area contributed by atoms with E-state index in [9.17, 15) is 8.78 Å². The first-order valence-electron chi connectivity index (χ1n) is 8.29. The second-order valence-electron chi connectivity index (χ2n) is 5.48. The van der Waals surface area contributed by atoms with Gasteiger partial charge in [-0.3, -0.25) is 9.89 Å². The molecular weight excluding hydrogens is 332 g/mol. The molecule has 0 atom stereocenters. The Morgan fingerprint density at radius 3 is 2.88 bits per heavy atom. The van der Waals surface area contributed by atoms with E-state index >= 15 is 0 Å². The van der Waals surface area contributed by atoms with E-state index in [4.69, 9.17) is 9.47 Å². The van der Waals surface area contributed by atoms with Crippen LogP contribution >= 0.6 is 0 Å². The number of hydrogen-bond donors (Lipinski definition) is 2. The Balaban J connectivity index is 1.71. The molecule has 140 valence electrons. The average Bonchev–Trinajstić information content (AvgIpc) is 2.64. The molecule has 0 radical (unpaired) electrons. The van der Waals surface area contributed by atoms with Gasteiger partial charge in [-0.15, -0.1) is 0 Å². The van der Waals surface area contributed by atoms with Crippen LogP contribution in [0.4, 0.5) is 8.78 Å². The van der Waals surface area contributed by atoms with Crippen molar-refractivity contribution in [2.45, 2.75) is 13.0 Å². The van der Waals surface area contributed by atoms with Gasteiger partial charge in [0, 0.05) is 39.3 Å². The Labute approximate surface area is 146 Å². The highest BCUT2D eigenvalue weighted by Gasteiger charge is 2.10. The van der Waals surface area contributed by atoms with Crippen molar-refractivity contribution < 1.29 is 18.3 Å². The second-order valence-corrected chi connectivity index (χ2v) is 5.48. The lowest BCUT2D eigenvalue weighted by Gasteiger charge is -2.26. The minimum Gasteiger partial charge on any atom is -0.472 e. The highest BCUT2D eigenvalue weighted by Crippen LogP contribution is 2.08. The number of morpholine rings is 1. The van der Waals surface area contributed by atoms with Gasteiger partial charge in [-0.25, -0.2) is 13.8 Å². The molecule has 7 nitrogen and oxygen atoms in total. The van der Waals surface area contributed by atoms with Gasteiger partial charge in [0.1, 0.15) is 0 Å². The molecule has 1 aliphatic rings. The third-order valence-electron chi connectivity index (χ3n) is 3.62. The zero-order valence-electron chi connectivity index (χ0n) is 14.4. The Morgan fingerprint density at radius 2 is 2.16 bits per heavy atom. The zero-order chi connectivity index (χ0) is 17.9. The molecule has 0 saturated carbocycles. The van der Waals surface area contributed by atoms with E-state index in [0.29, 0.717) is 18.2 Å². The van der Waals surface area contributed by atoms with Crippen molar-refractivity contribution >= 4 is 5.96 Å². The Kier molecular flexibility index (Phi) is 8.33. The molecule has 1 fully saturated rings. The summed E-state index contributed by atoms with van der Waals surface area (Å²) in [6.45, 7) is 4.90. The molecule has 0 bridgehead atoms. The molecule has 0 spiro atoms. The number of ether oxygens (including phenoxy) is 2. The molecule has 2 N–H and O–H groups in total. The van der Waals surface area contributed by atoms with Crippen LogP contribution in [-0.4, -0.2) is 75.3 Å². The van der Waals surface area contributed by atoms with Crippen LogP contribution in [0.5, 0.6) is 5.88 Å². The molecule has 1 aromatic heterocycles. The topological polar surface area (TPSA) is 71.0 Å². The lowest BCUT2D eigenvalue weighted by molar-refractivity contribution is 0.0389. The fourth-order valence-corrected chi connectivity index (χ4v) is 2.34. The van der Waals surface area contributed by atoms with Crippen LogP contribution in [0.25, 0.3) is 0 Å². The van der Waals surface area contributed by atoms with E-state index in [1.54, 1.807) is 25.2 Å². The average molecular weight is 357 g/mol. The molecule has 0 unspecified atom stereocenters. The van der Waals surface area contributed by atoms with E-state index in [1.807, 2.05) is 0 Å². The first-order chi connectivity index (χ1) is 12.2. The van der Waals surface area contributed by atoms with Crippen LogP contribution in [0.15, 0.2) is 23.2 Å². The smallest absolute Gasteiger partial charge is 0.272 e. The van der Waals surface area contributed by atoms with Gasteiger partial charge in [0.15, 0.2) is 12.6 Å². The minimum atomic E-state index is -2.52. The molecule has 0 aromatic carbocycles. The summed E-state index contributed by atoms with van der Waals surface area (Å²) < 4.78 is 34.6. The number of alkyl halides is 2. The summed E-state index contributed by atoms with van der Waals surface area (Å²) in [5, 5.41) is 6.38. The number of guanidine groups is 1. The van der Waals surface area contributed by atoms with Crippen molar-refractivity contribution in [1.82, 2.24) is 20.5 Å². The van der Waals surface area contributed by atoms with E-state index in [0.717, 1.165) is 39.4 Å². The molecule has 2 heterocycles. The summed E-state index contributed by atoms with van der Waals surface area (Å²) in [7, 11) is 1.69. The summed E-state index contributed by atoms with van der Waals surface area (Å²) >= 11 is 0. The van der Waals surface area contributed by atoms with Crippen molar-refractivity contribution in [2.24, 2.45) is 4.99 Å². The van der Waals surface area contributed by atoms with Gasteiger partial charge in [0.05, 0.1) is 25.5 Å². The SMILES string of the molecule is CN=C(NCCN1CCOCC1)NCc1cccc(OCC(F)F)n1. The number of nitrogens with zero attached hydrogens (tertiary/aromatic N) is 3. The second kappa shape index (κ2) is 10.8. The summed E-state index contributed by atoms with van der Waals surface area (Å²) in [6, 6.07) is 5.07. The molecule has 2 rings (SSSR count). The summed E-state index contributed by atoms with van der Waals surface area (Å²) in [6.07, 6.45) is -2.52. The Hall–Kier alpha value is -2.00. The van der Waals surface area contributed by atoms with Crippen molar-refractivity contribution in [1.29, 1.82) is 0 Å². The molecule has 1 saturated heterocycles. The largest absolute Gasteiger partial charge is 0.472 e. The van der Waals surface area contributed by atoms with Crippen molar-refractivity contribution in [2.75, 3.05) is 53.0 Å². The van der Waals surface area contributed by atoms with Gasteiger partial charge in [0.2, 0.25) is 5.88 Å². The molecule has 9 heteroatoms. The highest BCUT2D eigenvalue weighted by atomic mass is 19.3. The van der Waals surface area contributed by atoms with Gasteiger partial charge < -0.3 is 20.1 Å². The highest BCUT2D eigenvalue weighted by molar-refractivity contribution is 5.79. The maximum Gasteiger partial charge on any atom is 0.272 e. The fourth-order valence-electron chi connectivity index (χ4n) is 2.34. The molecule has 1 aliphatic heterocycles. The van der Waals surface area contributed by atoms with Crippen LogP contribution in [0.3, 0.4) is 0 Å². The van der Waals surface area contributed by atoms with Crippen molar-refractivity contribution in [3.63, 3.8) is 0 Å². The predicted molar refractivity (Wildman–Crippen MR) is 91.2 cm³/mol. The Morgan fingerprint density at radius 1 is 1.36 bits per heavy atom. The summed E-state index contributed by atoms with van der Waals surface area (Å²) in [5.74, 6) is 0.851. The third-order valence-corrected chi connectivity index (χ3v) is 3.62. The number of nitrogens with one attached hydrogen (secondary N) is 2. The molecule has 0 amide bonds. The monoisotopic (exact) mass is 357 g/mol. The molecule has 1 aromatic rings. The maximum atomic E-state index is 12.2. The van der Waals surface area contributed by atoms with Crippen molar-refractivity contribution in [3.8, 4) is 5.88 Å². The maximum absolute atomic E-state index is 12.2. The van der Waals surface area contributed by atoms with Crippen LogP contribution in [0.1, 0.15) is 5.69 Å². The van der Waals surface area contributed by atoms with Gasteiger partial charge >= 0.3 is 0 Å². The minimum absolute atomic E-state index is 0.190. The van der Waals surface area contributed by atoms with E-state index in [1.165, 1.54) is 0 Å². The third kappa shape index (κ3) is 7.61. The van der Waals surface area contributed by atoms with Crippen LogP contribution < -0.4 is 15.4 Å². The fraction of sp³-hybridized carbons (Fsp3) is 0.625. The molecule has 25 heavy (non-hydrogen) atoms. The number of aliphatic imine (C=N–C) groups is 1. The molecule has 0 aliphatic carbocycles. The quantitative estimate of drug-likeness (QED) is 0.528. The molecular formula is C16H25F2N5O2. The summed E-state index contributed by atoms with van der Waals surface area (Å²) in [5.41, 5.74) is 0.683. The summed E-state index contributed by atoms with van der Waals surface area (Å²) in [4.78, 5) is 10.7. The number of hydrogen-bond acceptors (Lipinski definition) is 5. The standard InChI is InChI=1S/C16H25F2N5O2/c1-19-16(20-5-6-23-7-9-24-10-8-23)21-11-13-3-2-4-15(22-13)25-12-14(17)18/h2-4,14H,5-12H2,1H3,(H2,19,20,21). The Bertz CT molecular complexity index is 539. The van der Waals surface area contributed by atoms with Crippen LogP contribution in [0, 0.1) is 0 Å². The van der Waals surface area contributed by atoms with E-state index in [-0.39, 0.29) is 5.88 Å². The van der Waals surface area contributed by atoms with Gasteiger partial charge in [-0.05, 0) is 6.07 Å². The van der Waals surface area contributed by atoms with Crippen LogP contribution in [0.2, 0.25) is 0 Å². The van der Waals surface area contributed by atoms with E-state index < -0.39 is 13.0 Å². The first-order valence-corrected chi connectivity index (χ1v) is 8.29. The number of halogens is 2. The number of aromatic nitrogens is 1. The van der Waals surface area contributed by atoms with Gasteiger partial charge in [0.25, 0.3) is 6.43 Å². The number of rotatable bonds is 8. The lowest BCUT2D eigenvalue weighted by atomic mass is 10.3. The normalized spacial score (nSPS) is 16.1. The first kappa shape index (κ1) is 19.3. The van der Waals surface area contributed by atoms with E-state index in [2.05, 4.69) is 25.5 Å². The van der Waals surface area contributed by atoms with Gasteiger partial charge in [-0.2, -0.15) is 0 Å². The van der Waals surface area contributed by atoms with Crippen LogP contribution in [-0.2, 0) is 11.3 Å². The lowest BCUT2D eigenvalue weighted by Crippen LogP contribution is -2.44. The number of pyridine rings is 1.